The van der Waals surface area contributed by atoms with E-state index in [1.807, 2.05) is 48.9 Å². The number of rotatable bonds is 4. The quantitative estimate of drug-likeness (QED) is 0.265. The molecule has 50 heavy (non-hydrogen) atoms. The standard InChI is InChI=1S/C26H27N9O.2C2HF3O2/c1-32-16-21(15-30-32)19-11-22(25-20(12-27)14-31-35(25)17-19)18-4-5-24(29-13-18)33-7-9-34(10-8-33)26(36)23-3-2-6-28-23;2*3-2(4,5)1(6)7/h4-5,11,13-17,23,28H,2-3,6-10H2,1H3;2*(H,6,7)/t23-;;/m0../s1. The number of carboxylic acid groups (broad SMARTS) is 2. The van der Waals surface area contributed by atoms with Crippen molar-refractivity contribution in [2.45, 2.75) is 31.2 Å². The number of pyridine rings is 2. The molecule has 20 heteroatoms. The van der Waals surface area contributed by atoms with Crippen LogP contribution in [0.1, 0.15) is 18.4 Å². The van der Waals surface area contributed by atoms with Gasteiger partial charge in [0.25, 0.3) is 0 Å². The molecule has 0 spiro atoms. The van der Waals surface area contributed by atoms with Gasteiger partial charge in [-0.3, -0.25) is 9.48 Å². The number of hydrogen-bond acceptors (Lipinski definition) is 9. The maximum Gasteiger partial charge on any atom is 0.490 e. The van der Waals surface area contributed by atoms with Crippen LogP contribution in [0.4, 0.5) is 32.2 Å². The number of nitrogens with one attached hydrogen (secondary N) is 1. The van der Waals surface area contributed by atoms with E-state index in [1.54, 1.807) is 15.4 Å². The van der Waals surface area contributed by atoms with E-state index in [1.165, 1.54) is 0 Å². The van der Waals surface area contributed by atoms with E-state index in [9.17, 15) is 36.4 Å². The van der Waals surface area contributed by atoms with Crippen LogP contribution in [0.2, 0.25) is 0 Å². The first kappa shape index (κ1) is 37.1. The molecule has 6 heterocycles. The first-order valence-electron chi connectivity index (χ1n) is 14.7. The number of alkyl halides is 6. The molecule has 266 valence electrons. The zero-order valence-electron chi connectivity index (χ0n) is 26.1. The Hall–Kier alpha value is -5.71. The van der Waals surface area contributed by atoms with E-state index < -0.39 is 24.3 Å². The molecule has 1 amide bonds. The van der Waals surface area contributed by atoms with Gasteiger partial charge in [0.2, 0.25) is 5.91 Å². The number of carboxylic acids is 2. The summed E-state index contributed by atoms with van der Waals surface area (Å²) in [6, 6.07) is 8.35. The van der Waals surface area contributed by atoms with Crippen molar-refractivity contribution in [1.82, 2.24) is 34.6 Å². The van der Waals surface area contributed by atoms with E-state index >= 15 is 0 Å². The SMILES string of the molecule is Cn1cc(-c2cc(-c3ccc(N4CCN(C(=O)[C@@H]5CCCN5)CC4)nc3)c3c(C#N)cnn3c2)cn1.O=C(O)C(F)(F)F.O=C(O)C(F)(F)F. The molecule has 6 rings (SSSR count). The Bertz CT molecular complexity index is 1840. The number of nitriles is 1. The predicted molar refractivity (Wildman–Crippen MR) is 163 cm³/mol. The van der Waals surface area contributed by atoms with E-state index in [2.05, 4.69) is 32.5 Å². The molecule has 2 fully saturated rings. The van der Waals surface area contributed by atoms with Gasteiger partial charge in [-0.25, -0.2) is 19.1 Å². The van der Waals surface area contributed by atoms with Gasteiger partial charge in [0.1, 0.15) is 11.9 Å². The second-order valence-corrected chi connectivity index (χ2v) is 11.0. The topological polar surface area (TPSA) is 182 Å². The third-order valence-electron chi connectivity index (χ3n) is 7.59. The molecule has 1 atom stereocenters. The minimum Gasteiger partial charge on any atom is -0.475 e. The summed E-state index contributed by atoms with van der Waals surface area (Å²) in [5.74, 6) is -4.40. The molecular formula is C30H29F6N9O5. The number of hydrogen-bond donors (Lipinski definition) is 3. The van der Waals surface area contributed by atoms with Crippen molar-refractivity contribution < 1.29 is 50.9 Å². The Morgan fingerprint density at radius 3 is 2.02 bits per heavy atom. The minimum atomic E-state index is -5.08. The highest BCUT2D eigenvalue weighted by molar-refractivity contribution is 5.87. The largest absolute Gasteiger partial charge is 0.490 e. The van der Waals surface area contributed by atoms with Crippen LogP contribution < -0.4 is 10.2 Å². The second-order valence-electron chi connectivity index (χ2n) is 11.0. The van der Waals surface area contributed by atoms with Gasteiger partial charge < -0.3 is 25.3 Å². The first-order valence-corrected chi connectivity index (χ1v) is 14.7. The van der Waals surface area contributed by atoms with Gasteiger partial charge in [-0.2, -0.15) is 41.8 Å². The summed E-state index contributed by atoms with van der Waals surface area (Å²) < 4.78 is 67.0. The molecule has 4 aromatic rings. The normalized spacial score (nSPS) is 16.2. The Labute approximate surface area is 279 Å². The average molecular weight is 710 g/mol. The van der Waals surface area contributed by atoms with Gasteiger partial charge in [-0.15, -0.1) is 0 Å². The van der Waals surface area contributed by atoms with Crippen LogP contribution in [-0.2, 0) is 21.4 Å². The molecule has 0 radical (unpaired) electrons. The fraction of sp³-hybridized carbons (Fsp3) is 0.367. The number of piperazine rings is 1. The van der Waals surface area contributed by atoms with Crippen LogP contribution in [0, 0.1) is 11.3 Å². The molecule has 3 N–H and O–H groups in total. The number of carbonyl (C=O) groups is 3. The number of anilines is 1. The number of aliphatic carboxylic acids is 2. The number of fused-ring (bicyclic) bond motifs is 1. The highest BCUT2D eigenvalue weighted by atomic mass is 19.4. The number of halogens is 6. The van der Waals surface area contributed by atoms with Crippen molar-refractivity contribution in [2.24, 2.45) is 7.05 Å². The van der Waals surface area contributed by atoms with Gasteiger partial charge in [0, 0.05) is 74.1 Å². The summed E-state index contributed by atoms with van der Waals surface area (Å²) in [5, 5.41) is 35.9. The Kier molecular flexibility index (Phi) is 11.3. The van der Waals surface area contributed by atoms with Crippen molar-refractivity contribution in [3.8, 4) is 28.3 Å². The van der Waals surface area contributed by atoms with Gasteiger partial charge in [0.15, 0.2) is 0 Å². The van der Waals surface area contributed by atoms with Crippen molar-refractivity contribution in [3.05, 3.63) is 54.7 Å². The zero-order chi connectivity index (χ0) is 36.8. The number of aryl methyl sites for hydroxylation is 1. The lowest BCUT2D eigenvalue weighted by Crippen LogP contribution is -2.53. The number of amides is 1. The molecule has 2 saturated heterocycles. The molecule has 4 aromatic heterocycles. The monoisotopic (exact) mass is 709 g/mol. The zero-order valence-corrected chi connectivity index (χ0v) is 26.1. The molecule has 14 nitrogen and oxygen atoms in total. The Balaban J connectivity index is 0.000000340. The summed E-state index contributed by atoms with van der Waals surface area (Å²) in [7, 11) is 1.88. The van der Waals surface area contributed by atoms with Gasteiger partial charge in [-0.05, 0) is 37.6 Å². The van der Waals surface area contributed by atoms with E-state index in [0.29, 0.717) is 18.7 Å². The van der Waals surface area contributed by atoms with Crippen molar-refractivity contribution >= 4 is 29.2 Å². The molecule has 2 aliphatic rings. The Morgan fingerprint density at radius 1 is 0.900 bits per heavy atom. The second kappa shape index (κ2) is 15.2. The molecular weight excluding hydrogens is 680 g/mol. The van der Waals surface area contributed by atoms with Crippen molar-refractivity contribution in [1.29, 1.82) is 5.26 Å². The summed E-state index contributed by atoms with van der Waals surface area (Å²) in [5.41, 5.74) is 5.01. The van der Waals surface area contributed by atoms with Crippen LogP contribution >= 0.6 is 0 Å². The van der Waals surface area contributed by atoms with Crippen LogP contribution in [-0.4, -0.2) is 108 Å². The van der Waals surface area contributed by atoms with Crippen LogP contribution in [0.3, 0.4) is 0 Å². The smallest absolute Gasteiger partial charge is 0.475 e. The highest BCUT2D eigenvalue weighted by Crippen LogP contribution is 2.32. The maximum absolute atomic E-state index is 12.7. The van der Waals surface area contributed by atoms with Crippen molar-refractivity contribution in [2.75, 3.05) is 37.6 Å². The highest BCUT2D eigenvalue weighted by Gasteiger charge is 2.39. The average Bonchev–Trinajstić information content (AvgIpc) is 3.85. The number of nitrogens with zero attached hydrogens (tertiary/aromatic N) is 8. The molecule has 0 unspecified atom stereocenters. The summed E-state index contributed by atoms with van der Waals surface area (Å²) >= 11 is 0. The minimum absolute atomic E-state index is 0.0185. The van der Waals surface area contributed by atoms with E-state index in [-0.39, 0.29) is 11.9 Å². The van der Waals surface area contributed by atoms with Gasteiger partial charge >= 0.3 is 24.3 Å². The summed E-state index contributed by atoms with van der Waals surface area (Å²) in [6.07, 6.45) is 0.964. The first-order chi connectivity index (χ1) is 23.5. The lowest BCUT2D eigenvalue weighted by atomic mass is 10.0. The summed E-state index contributed by atoms with van der Waals surface area (Å²) in [6.45, 7) is 3.85. The number of aromatic nitrogens is 5. The Morgan fingerprint density at radius 2 is 1.54 bits per heavy atom. The summed E-state index contributed by atoms with van der Waals surface area (Å²) in [4.78, 5) is 39.4. The van der Waals surface area contributed by atoms with Crippen LogP contribution in [0.25, 0.3) is 27.8 Å². The molecule has 0 aliphatic carbocycles. The fourth-order valence-corrected chi connectivity index (χ4v) is 5.16. The third kappa shape index (κ3) is 9.04. The lowest BCUT2D eigenvalue weighted by Gasteiger charge is -2.36. The number of carbonyl (C=O) groups excluding carboxylic acids is 1. The van der Waals surface area contributed by atoms with Crippen LogP contribution in [0.15, 0.2) is 49.2 Å². The molecule has 0 aromatic carbocycles. The van der Waals surface area contributed by atoms with Crippen LogP contribution in [0.5, 0.6) is 0 Å². The molecule has 0 saturated carbocycles. The van der Waals surface area contributed by atoms with E-state index in [4.69, 9.17) is 24.8 Å². The van der Waals surface area contributed by atoms with Gasteiger partial charge in [-0.1, -0.05) is 0 Å². The fourth-order valence-electron chi connectivity index (χ4n) is 5.16. The molecule has 0 bridgehead atoms. The van der Waals surface area contributed by atoms with Gasteiger partial charge in [0.05, 0.1) is 29.5 Å². The molecule has 2 aliphatic heterocycles. The maximum atomic E-state index is 12.7. The lowest BCUT2D eigenvalue weighted by molar-refractivity contribution is -0.193. The van der Waals surface area contributed by atoms with Crippen molar-refractivity contribution in [3.63, 3.8) is 0 Å². The van der Waals surface area contributed by atoms with E-state index in [0.717, 1.165) is 66.1 Å². The third-order valence-corrected chi connectivity index (χ3v) is 7.59. The predicted octanol–water partition coefficient (Wildman–Crippen LogP) is 3.34.